The fourth-order valence-electron chi connectivity index (χ4n) is 0.348. The molecule has 50 valence electrons. The van der Waals surface area contributed by atoms with Crippen LogP contribution in [0.5, 0.6) is 0 Å². The first-order chi connectivity index (χ1) is 3.62. The van der Waals surface area contributed by atoms with Gasteiger partial charge < -0.3 is 0 Å². The third kappa shape index (κ3) is 2.99. The SMILES string of the molecule is CCC(C)(C)ONC. The zero-order valence-corrected chi connectivity index (χ0v) is 6.12. The van der Waals surface area contributed by atoms with E-state index in [4.69, 9.17) is 4.84 Å². The second kappa shape index (κ2) is 3.05. The second-order valence-electron chi connectivity index (χ2n) is 2.42. The quantitative estimate of drug-likeness (QED) is 0.563. The Balaban J connectivity index is 3.37. The molecule has 0 aliphatic carbocycles. The van der Waals surface area contributed by atoms with Crippen LogP contribution in [-0.4, -0.2) is 12.6 Å². The second-order valence-corrected chi connectivity index (χ2v) is 2.42. The van der Waals surface area contributed by atoms with E-state index in [-0.39, 0.29) is 5.60 Å². The van der Waals surface area contributed by atoms with Crippen LogP contribution in [0.25, 0.3) is 0 Å². The van der Waals surface area contributed by atoms with E-state index in [9.17, 15) is 0 Å². The van der Waals surface area contributed by atoms with Gasteiger partial charge in [0.05, 0.1) is 5.60 Å². The summed E-state index contributed by atoms with van der Waals surface area (Å²) in [5.74, 6) is 0. The molecule has 0 rings (SSSR count). The molecule has 2 heteroatoms. The maximum absolute atomic E-state index is 5.13. The van der Waals surface area contributed by atoms with E-state index in [2.05, 4.69) is 12.4 Å². The lowest BCUT2D eigenvalue weighted by molar-refractivity contribution is -0.0756. The van der Waals surface area contributed by atoms with E-state index >= 15 is 0 Å². The molecule has 0 aliphatic heterocycles. The van der Waals surface area contributed by atoms with Crippen LogP contribution in [0.1, 0.15) is 27.2 Å². The summed E-state index contributed by atoms with van der Waals surface area (Å²) >= 11 is 0. The molecule has 0 aliphatic rings. The van der Waals surface area contributed by atoms with Gasteiger partial charge in [-0.15, -0.1) is 0 Å². The van der Waals surface area contributed by atoms with Crippen molar-refractivity contribution < 1.29 is 4.84 Å². The number of hydroxylamine groups is 1. The molecular weight excluding hydrogens is 102 g/mol. The lowest BCUT2D eigenvalue weighted by Crippen LogP contribution is -2.29. The monoisotopic (exact) mass is 117 g/mol. The fourth-order valence-corrected chi connectivity index (χ4v) is 0.348. The summed E-state index contributed by atoms with van der Waals surface area (Å²) in [4.78, 5) is 5.13. The minimum absolute atomic E-state index is 0.0191. The zero-order chi connectivity index (χ0) is 6.62. The molecular formula is C6H15NO. The normalized spacial score (nSPS) is 12.0. The van der Waals surface area contributed by atoms with Crippen molar-refractivity contribution >= 4 is 0 Å². The van der Waals surface area contributed by atoms with E-state index in [0.717, 1.165) is 6.42 Å². The third-order valence-electron chi connectivity index (χ3n) is 1.23. The average Bonchev–Trinajstić information content (AvgIpc) is 1.67. The number of hydrogen-bond acceptors (Lipinski definition) is 2. The van der Waals surface area contributed by atoms with Crippen LogP contribution in [0.3, 0.4) is 0 Å². The molecule has 0 aromatic rings. The first kappa shape index (κ1) is 7.92. The molecule has 8 heavy (non-hydrogen) atoms. The van der Waals surface area contributed by atoms with Crippen molar-refractivity contribution in [2.45, 2.75) is 32.8 Å². The zero-order valence-electron chi connectivity index (χ0n) is 6.12. The maximum Gasteiger partial charge on any atom is 0.0838 e. The van der Waals surface area contributed by atoms with Crippen molar-refractivity contribution in [3.8, 4) is 0 Å². The average molecular weight is 117 g/mol. The molecule has 0 spiro atoms. The Labute approximate surface area is 51.2 Å². The molecule has 0 radical (unpaired) electrons. The van der Waals surface area contributed by atoms with Crippen molar-refractivity contribution in [3.63, 3.8) is 0 Å². The van der Waals surface area contributed by atoms with Gasteiger partial charge in [-0.05, 0) is 20.3 Å². The van der Waals surface area contributed by atoms with Crippen molar-refractivity contribution in [2.75, 3.05) is 7.05 Å². The lowest BCUT2D eigenvalue weighted by Gasteiger charge is -2.21. The summed E-state index contributed by atoms with van der Waals surface area (Å²) in [7, 11) is 1.78. The van der Waals surface area contributed by atoms with Crippen molar-refractivity contribution in [1.29, 1.82) is 0 Å². The van der Waals surface area contributed by atoms with Crippen LogP contribution >= 0.6 is 0 Å². The van der Waals surface area contributed by atoms with Gasteiger partial charge in [-0.2, -0.15) is 0 Å². The largest absolute Gasteiger partial charge is 0.296 e. The van der Waals surface area contributed by atoms with E-state index in [0.29, 0.717) is 0 Å². The lowest BCUT2D eigenvalue weighted by atomic mass is 10.1. The van der Waals surface area contributed by atoms with Crippen LogP contribution in [0.15, 0.2) is 0 Å². The topological polar surface area (TPSA) is 21.3 Å². The van der Waals surface area contributed by atoms with Gasteiger partial charge in [0.25, 0.3) is 0 Å². The molecule has 0 heterocycles. The van der Waals surface area contributed by atoms with Gasteiger partial charge in [-0.25, -0.2) is 5.48 Å². The molecule has 1 N–H and O–H groups in total. The van der Waals surface area contributed by atoms with Crippen LogP contribution in [0.2, 0.25) is 0 Å². The summed E-state index contributed by atoms with van der Waals surface area (Å²) in [5, 5.41) is 0. The van der Waals surface area contributed by atoms with Crippen LogP contribution in [0.4, 0.5) is 0 Å². The predicted octanol–water partition coefficient (Wildman–Crippen LogP) is 1.33. The highest BCUT2D eigenvalue weighted by Crippen LogP contribution is 2.10. The Morgan fingerprint density at radius 3 is 2.12 bits per heavy atom. The minimum Gasteiger partial charge on any atom is -0.296 e. The Morgan fingerprint density at radius 1 is 1.50 bits per heavy atom. The fraction of sp³-hybridized carbons (Fsp3) is 1.00. The summed E-state index contributed by atoms with van der Waals surface area (Å²) in [5.41, 5.74) is 2.64. The number of hydrogen-bond donors (Lipinski definition) is 1. The van der Waals surface area contributed by atoms with Gasteiger partial charge in [0.15, 0.2) is 0 Å². The first-order valence-electron chi connectivity index (χ1n) is 2.97. The molecule has 0 fully saturated rings. The molecule has 0 saturated heterocycles. The Bertz CT molecular complexity index is 61.5. The molecule has 0 atom stereocenters. The van der Waals surface area contributed by atoms with Gasteiger partial charge in [0.1, 0.15) is 0 Å². The van der Waals surface area contributed by atoms with E-state index < -0.39 is 0 Å². The van der Waals surface area contributed by atoms with Gasteiger partial charge in [-0.3, -0.25) is 4.84 Å². The molecule has 0 aromatic heterocycles. The van der Waals surface area contributed by atoms with Crippen LogP contribution in [0, 0.1) is 0 Å². The number of rotatable bonds is 3. The third-order valence-corrected chi connectivity index (χ3v) is 1.23. The molecule has 0 unspecified atom stereocenters. The Morgan fingerprint density at radius 2 is 2.00 bits per heavy atom. The molecule has 0 amide bonds. The number of nitrogens with one attached hydrogen (secondary N) is 1. The van der Waals surface area contributed by atoms with Gasteiger partial charge in [-0.1, -0.05) is 6.92 Å². The summed E-state index contributed by atoms with van der Waals surface area (Å²) < 4.78 is 0. The molecule has 0 bridgehead atoms. The molecule has 0 aromatic carbocycles. The Hall–Kier alpha value is -0.0800. The summed E-state index contributed by atoms with van der Waals surface area (Å²) in [6, 6.07) is 0. The standard InChI is InChI=1S/C6H15NO/c1-5-6(2,3)8-7-4/h7H,5H2,1-4H3. The van der Waals surface area contributed by atoms with E-state index in [1.54, 1.807) is 7.05 Å². The first-order valence-corrected chi connectivity index (χ1v) is 2.97. The van der Waals surface area contributed by atoms with Gasteiger partial charge >= 0.3 is 0 Å². The Kier molecular flexibility index (Phi) is 3.02. The molecule has 0 saturated carbocycles. The van der Waals surface area contributed by atoms with Gasteiger partial charge in [0, 0.05) is 7.05 Å². The predicted molar refractivity (Wildman–Crippen MR) is 34.5 cm³/mol. The van der Waals surface area contributed by atoms with Crippen molar-refractivity contribution in [2.24, 2.45) is 0 Å². The maximum atomic E-state index is 5.13. The van der Waals surface area contributed by atoms with Crippen LogP contribution in [-0.2, 0) is 4.84 Å². The molecule has 2 nitrogen and oxygen atoms in total. The highest BCUT2D eigenvalue weighted by Gasteiger charge is 2.13. The minimum atomic E-state index is -0.0191. The smallest absolute Gasteiger partial charge is 0.0838 e. The van der Waals surface area contributed by atoms with Gasteiger partial charge in [0.2, 0.25) is 0 Å². The van der Waals surface area contributed by atoms with E-state index in [1.807, 2.05) is 13.8 Å². The highest BCUT2D eigenvalue weighted by atomic mass is 16.7. The van der Waals surface area contributed by atoms with Crippen LogP contribution < -0.4 is 5.48 Å². The summed E-state index contributed by atoms with van der Waals surface area (Å²) in [6.07, 6.45) is 1.02. The highest BCUT2D eigenvalue weighted by molar-refractivity contribution is 4.62. The summed E-state index contributed by atoms with van der Waals surface area (Å²) in [6.45, 7) is 6.18. The van der Waals surface area contributed by atoms with Crippen molar-refractivity contribution in [3.05, 3.63) is 0 Å². The van der Waals surface area contributed by atoms with E-state index in [1.165, 1.54) is 0 Å². The van der Waals surface area contributed by atoms with Crippen molar-refractivity contribution in [1.82, 2.24) is 5.48 Å².